The second-order valence-electron chi connectivity index (χ2n) is 9.67. The van der Waals surface area contributed by atoms with Crippen molar-refractivity contribution in [3.05, 3.63) is 58.3 Å². The molecule has 9 heteroatoms. The summed E-state index contributed by atoms with van der Waals surface area (Å²) >= 11 is 12.0. The van der Waals surface area contributed by atoms with Gasteiger partial charge in [-0.05, 0) is 86.5 Å². The number of hydrogen-bond acceptors (Lipinski definition) is 4. The molecule has 2 aliphatic rings. The fraction of sp³-hybridized carbons (Fsp3) is 0.462. The maximum Gasteiger partial charge on any atom is 0.321 e. The van der Waals surface area contributed by atoms with Crippen molar-refractivity contribution in [1.29, 1.82) is 0 Å². The van der Waals surface area contributed by atoms with Gasteiger partial charge in [0.2, 0.25) is 0 Å². The lowest BCUT2D eigenvalue weighted by Crippen LogP contribution is -2.46. The van der Waals surface area contributed by atoms with Crippen LogP contribution in [0.3, 0.4) is 0 Å². The van der Waals surface area contributed by atoms with Crippen LogP contribution in [0.2, 0.25) is 10.0 Å². The van der Waals surface area contributed by atoms with E-state index in [1.807, 2.05) is 12.3 Å². The Morgan fingerprint density at radius 3 is 2.63 bits per heavy atom. The molecule has 1 aromatic carbocycles. The first-order chi connectivity index (χ1) is 17.0. The lowest BCUT2D eigenvalue weighted by atomic mass is 9.88. The fourth-order valence-electron chi connectivity index (χ4n) is 5.42. The second kappa shape index (κ2) is 10.7. The highest BCUT2D eigenvalue weighted by atomic mass is 35.5. The number of carbonyl (C=O) groups excluding carboxylic acids is 1. The smallest absolute Gasteiger partial charge is 0.321 e. The SMILES string of the molecule is O=C(Nc1ccc(Cl)c(Cl)c1)N1CCC(C(O)CN2CCC(c3c[nH]c4ncccc34)CC2)CC1. The number of rotatable bonds is 5. The van der Waals surface area contributed by atoms with Crippen LogP contribution in [0.15, 0.2) is 42.7 Å². The summed E-state index contributed by atoms with van der Waals surface area (Å²) in [5.74, 6) is 0.736. The number of pyridine rings is 1. The van der Waals surface area contributed by atoms with E-state index in [9.17, 15) is 9.90 Å². The van der Waals surface area contributed by atoms with E-state index in [0.717, 1.165) is 44.4 Å². The number of aromatic amines is 1. The molecule has 0 aliphatic carbocycles. The van der Waals surface area contributed by atoms with Crippen LogP contribution < -0.4 is 5.32 Å². The van der Waals surface area contributed by atoms with E-state index in [0.29, 0.717) is 41.3 Å². The molecule has 2 amide bonds. The number of benzene rings is 1. The van der Waals surface area contributed by atoms with Gasteiger partial charge in [0.25, 0.3) is 0 Å². The van der Waals surface area contributed by atoms with E-state index in [-0.39, 0.29) is 18.1 Å². The maximum absolute atomic E-state index is 12.6. The molecule has 0 saturated carbocycles. The molecule has 7 nitrogen and oxygen atoms in total. The average molecular weight is 516 g/mol. The standard InChI is InChI=1S/C26H31Cl2N5O2/c27-22-4-3-19(14-23(22)28)31-26(35)33-12-7-18(8-13-33)24(34)16-32-10-5-17(6-11-32)21-15-30-25-20(21)2-1-9-29-25/h1-4,9,14-15,17-18,24,34H,5-8,10-13,16H2,(H,29,30)(H,31,35). The van der Waals surface area contributed by atoms with Gasteiger partial charge in [0.05, 0.1) is 16.1 Å². The molecule has 3 N–H and O–H groups in total. The number of amides is 2. The van der Waals surface area contributed by atoms with Crippen LogP contribution in [0, 0.1) is 5.92 Å². The van der Waals surface area contributed by atoms with Crippen LogP contribution in [0.5, 0.6) is 0 Å². The number of hydrogen-bond donors (Lipinski definition) is 3. The molecule has 4 heterocycles. The number of carbonyl (C=O) groups is 1. The summed E-state index contributed by atoms with van der Waals surface area (Å²) in [7, 11) is 0. The number of aromatic nitrogens is 2. The fourth-order valence-corrected chi connectivity index (χ4v) is 5.72. The summed E-state index contributed by atoms with van der Waals surface area (Å²) in [6, 6.07) is 9.04. The highest BCUT2D eigenvalue weighted by molar-refractivity contribution is 6.42. The monoisotopic (exact) mass is 515 g/mol. The number of anilines is 1. The van der Waals surface area contributed by atoms with E-state index >= 15 is 0 Å². The summed E-state index contributed by atoms with van der Waals surface area (Å²) < 4.78 is 0. The Morgan fingerprint density at radius 2 is 1.89 bits per heavy atom. The molecular formula is C26H31Cl2N5O2. The lowest BCUT2D eigenvalue weighted by molar-refractivity contribution is 0.0315. The van der Waals surface area contributed by atoms with Crippen LogP contribution in [0.4, 0.5) is 10.5 Å². The van der Waals surface area contributed by atoms with Gasteiger partial charge in [0.15, 0.2) is 0 Å². The van der Waals surface area contributed by atoms with Gasteiger partial charge in [-0.2, -0.15) is 0 Å². The lowest BCUT2D eigenvalue weighted by Gasteiger charge is -2.38. The van der Waals surface area contributed by atoms with Crippen LogP contribution >= 0.6 is 23.2 Å². The molecule has 2 saturated heterocycles. The Hall–Kier alpha value is -2.32. The van der Waals surface area contributed by atoms with Gasteiger partial charge in [-0.15, -0.1) is 0 Å². The molecule has 186 valence electrons. The molecule has 2 aliphatic heterocycles. The van der Waals surface area contributed by atoms with Gasteiger partial charge in [0.1, 0.15) is 5.65 Å². The predicted molar refractivity (Wildman–Crippen MR) is 140 cm³/mol. The van der Waals surface area contributed by atoms with Crippen molar-refractivity contribution in [2.75, 3.05) is 38.0 Å². The quantitative estimate of drug-likeness (QED) is 0.427. The zero-order chi connectivity index (χ0) is 24.4. The Morgan fingerprint density at radius 1 is 1.11 bits per heavy atom. The number of halogens is 2. The van der Waals surface area contributed by atoms with Gasteiger partial charge < -0.3 is 25.2 Å². The number of nitrogens with zero attached hydrogens (tertiary/aromatic N) is 3. The minimum atomic E-state index is -0.371. The Labute approximate surface area is 215 Å². The van der Waals surface area contributed by atoms with Gasteiger partial charge in [-0.25, -0.2) is 9.78 Å². The maximum atomic E-state index is 12.6. The third kappa shape index (κ3) is 5.59. The normalized spacial score (nSPS) is 19.2. The molecule has 1 atom stereocenters. The third-order valence-corrected chi connectivity index (χ3v) is 8.24. The highest BCUT2D eigenvalue weighted by Crippen LogP contribution is 2.33. The first-order valence-electron chi connectivity index (χ1n) is 12.3. The predicted octanol–water partition coefficient (Wildman–Crippen LogP) is 5.35. The van der Waals surface area contributed by atoms with Crippen molar-refractivity contribution in [2.24, 2.45) is 5.92 Å². The van der Waals surface area contributed by atoms with Crippen LogP contribution in [-0.4, -0.2) is 69.7 Å². The first kappa shape index (κ1) is 24.4. The topological polar surface area (TPSA) is 84.5 Å². The van der Waals surface area contributed by atoms with E-state index < -0.39 is 0 Å². The summed E-state index contributed by atoms with van der Waals surface area (Å²) in [5.41, 5.74) is 2.94. The van der Waals surface area contributed by atoms with E-state index in [1.165, 1.54) is 10.9 Å². The molecule has 35 heavy (non-hydrogen) atoms. The number of likely N-dealkylation sites (tertiary alicyclic amines) is 2. The summed E-state index contributed by atoms with van der Waals surface area (Å²) in [6.07, 6.45) is 7.33. The average Bonchev–Trinajstić information content (AvgIpc) is 3.31. The first-order valence-corrected chi connectivity index (χ1v) is 13.1. The van der Waals surface area contributed by atoms with Crippen molar-refractivity contribution in [1.82, 2.24) is 19.8 Å². The van der Waals surface area contributed by atoms with E-state index in [4.69, 9.17) is 23.2 Å². The molecule has 1 unspecified atom stereocenters. The number of H-pyrrole nitrogens is 1. The van der Waals surface area contributed by atoms with Crippen molar-refractivity contribution < 1.29 is 9.90 Å². The van der Waals surface area contributed by atoms with E-state index in [1.54, 1.807) is 23.1 Å². The number of fused-ring (bicyclic) bond motifs is 1. The van der Waals surface area contributed by atoms with Crippen molar-refractivity contribution in [3.63, 3.8) is 0 Å². The highest BCUT2D eigenvalue weighted by Gasteiger charge is 2.30. The van der Waals surface area contributed by atoms with Crippen LogP contribution in [-0.2, 0) is 0 Å². The molecule has 0 bridgehead atoms. The second-order valence-corrected chi connectivity index (χ2v) is 10.5. The van der Waals surface area contributed by atoms with Crippen molar-refractivity contribution >= 4 is 46.0 Å². The van der Waals surface area contributed by atoms with E-state index in [2.05, 4.69) is 32.4 Å². The molecule has 5 rings (SSSR count). The summed E-state index contributed by atoms with van der Waals surface area (Å²) in [5, 5.41) is 15.9. The minimum absolute atomic E-state index is 0.147. The Bertz CT molecular complexity index is 1170. The number of urea groups is 1. The largest absolute Gasteiger partial charge is 0.392 e. The number of piperidine rings is 2. The van der Waals surface area contributed by atoms with Gasteiger partial charge >= 0.3 is 6.03 Å². The Kier molecular flexibility index (Phi) is 7.48. The van der Waals surface area contributed by atoms with Gasteiger partial charge in [-0.3, -0.25) is 0 Å². The minimum Gasteiger partial charge on any atom is -0.392 e. The molecular weight excluding hydrogens is 485 g/mol. The van der Waals surface area contributed by atoms with Crippen LogP contribution in [0.1, 0.15) is 37.2 Å². The molecule has 3 aromatic rings. The summed E-state index contributed by atoms with van der Waals surface area (Å²) in [6.45, 7) is 3.93. The molecule has 0 radical (unpaired) electrons. The summed E-state index contributed by atoms with van der Waals surface area (Å²) in [4.78, 5) is 24.5. The third-order valence-electron chi connectivity index (χ3n) is 7.50. The number of aliphatic hydroxyl groups excluding tert-OH is 1. The van der Waals surface area contributed by atoms with Gasteiger partial charge in [0, 0.05) is 43.1 Å². The molecule has 0 spiro atoms. The zero-order valence-corrected chi connectivity index (χ0v) is 21.1. The van der Waals surface area contributed by atoms with Crippen LogP contribution in [0.25, 0.3) is 11.0 Å². The number of β-amino-alcohol motifs (C(OH)–C–C–N with tert-alkyl or cyclic N) is 1. The number of aliphatic hydroxyl groups is 1. The molecule has 2 aromatic heterocycles. The van der Waals surface area contributed by atoms with Gasteiger partial charge in [-0.1, -0.05) is 23.2 Å². The number of nitrogens with one attached hydrogen (secondary N) is 2. The zero-order valence-electron chi connectivity index (χ0n) is 19.6. The molecule has 2 fully saturated rings. The van der Waals surface area contributed by atoms with Crippen molar-refractivity contribution in [3.8, 4) is 0 Å². The van der Waals surface area contributed by atoms with Crippen molar-refractivity contribution in [2.45, 2.75) is 37.7 Å². The Balaban J connectivity index is 1.07.